The van der Waals surface area contributed by atoms with Crippen molar-refractivity contribution < 1.29 is 14.3 Å². The average Bonchev–Trinajstić information content (AvgIpc) is 2.98. The number of hydrogen-bond donors (Lipinski definition) is 1. The lowest BCUT2D eigenvalue weighted by molar-refractivity contribution is -0.142. The lowest BCUT2D eigenvalue weighted by Crippen LogP contribution is -2.49. The number of halogens is 1. The van der Waals surface area contributed by atoms with Crippen LogP contribution in [0.2, 0.25) is 5.02 Å². The van der Waals surface area contributed by atoms with Crippen LogP contribution in [0.1, 0.15) is 17.9 Å². The Morgan fingerprint density at radius 1 is 1.24 bits per heavy atom. The van der Waals surface area contributed by atoms with Crippen LogP contribution in [0.5, 0.6) is 5.75 Å². The van der Waals surface area contributed by atoms with Crippen molar-refractivity contribution in [2.75, 3.05) is 5.75 Å². The number of para-hydroxylation sites is 1. The highest BCUT2D eigenvalue weighted by Gasteiger charge is 2.35. The number of hydrazine groups is 1. The molecule has 1 heterocycles. The van der Waals surface area contributed by atoms with Crippen molar-refractivity contribution in [1.82, 2.24) is 10.4 Å². The fourth-order valence-corrected chi connectivity index (χ4v) is 3.69. The molecule has 7 heteroatoms. The molecule has 2 amide bonds. The number of carbonyl (C=O) groups is 2. The van der Waals surface area contributed by atoms with Crippen LogP contribution in [0.3, 0.4) is 0 Å². The van der Waals surface area contributed by atoms with E-state index in [1.165, 1.54) is 16.8 Å². The number of hydrogen-bond acceptors (Lipinski definition) is 4. The quantitative estimate of drug-likeness (QED) is 0.868. The molecule has 5 nitrogen and oxygen atoms in total. The minimum atomic E-state index is -0.797. The molecular weight excluding hydrogens is 360 g/mol. The van der Waals surface area contributed by atoms with Crippen molar-refractivity contribution >= 4 is 35.2 Å². The second-order valence-electron chi connectivity index (χ2n) is 5.50. The van der Waals surface area contributed by atoms with Gasteiger partial charge in [-0.3, -0.25) is 15.0 Å². The first-order chi connectivity index (χ1) is 12.1. The van der Waals surface area contributed by atoms with Gasteiger partial charge < -0.3 is 4.74 Å². The number of rotatable bonds is 5. The van der Waals surface area contributed by atoms with Crippen molar-refractivity contribution in [3.63, 3.8) is 0 Å². The second-order valence-corrected chi connectivity index (χ2v) is 6.98. The molecule has 2 aromatic carbocycles. The number of nitrogens with zero attached hydrogens (tertiary/aromatic N) is 1. The SMILES string of the molecule is CC(Oc1ccccc1Cl)C(=O)NN1C(=O)CSC1c1ccccc1. The van der Waals surface area contributed by atoms with Gasteiger partial charge in [-0.2, -0.15) is 0 Å². The minimum absolute atomic E-state index is 0.142. The maximum Gasteiger partial charge on any atom is 0.279 e. The molecule has 0 saturated carbocycles. The van der Waals surface area contributed by atoms with Crippen LogP contribution in [0.15, 0.2) is 54.6 Å². The Kier molecular flexibility index (Phi) is 5.50. The number of carbonyl (C=O) groups excluding carboxylic acids is 2. The largest absolute Gasteiger partial charge is 0.479 e. The third-order valence-corrected chi connectivity index (χ3v) is 5.22. The Morgan fingerprint density at radius 3 is 2.64 bits per heavy atom. The van der Waals surface area contributed by atoms with Crippen LogP contribution in [0.25, 0.3) is 0 Å². The number of amides is 2. The van der Waals surface area contributed by atoms with Crippen molar-refractivity contribution in [1.29, 1.82) is 0 Å². The highest BCUT2D eigenvalue weighted by atomic mass is 35.5. The van der Waals surface area contributed by atoms with Crippen LogP contribution >= 0.6 is 23.4 Å². The summed E-state index contributed by atoms with van der Waals surface area (Å²) < 4.78 is 5.60. The molecule has 0 bridgehead atoms. The van der Waals surface area contributed by atoms with Gasteiger partial charge in [0, 0.05) is 0 Å². The highest BCUT2D eigenvalue weighted by Crippen LogP contribution is 2.37. The third kappa shape index (κ3) is 4.08. The van der Waals surface area contributed by atoms with Crippen LogP contribution in [0.4, 0.5) is 0 Å². The molecular formula is C18H17ClN2O3S. The monoisotopic (exact) mass is 376 g/mol. The summed E-state index contributed by atoms with van der Waals surface area (Å²) in [5.74, 6) is 0.196. The van der Waals surface area contributed by atoms with Gasteiger partial charge in [-0.05, 0) is 24.6 Å². The summed E-state index contributed by atoms with van der Waals surface area (Å²) in [6, 6.07) is 16.5. The van der Waals surface area contributed by atoms with E-state index in [9.17, 15) is 9.59 Å². The van der Waals surface area contributed by atoms with E-state index >= 15 is 0 Å². The van der Waals surface area contributed by atoms with Gasteiger partial charge in [-0.15, -0.1) is 11.8 Å². The normalized spacial score (nSPS) is 18.1. The van der Waals surface area contributed by atoms with E-state index in [4.69, 9.17) is 16.3 Å². The molecule has 0 aliphatic carbocycles. The van der Waals surface area contributed by atoms with Crippen LogP contribution in [-0.4, -0.2) is 28.7 Å². The Labute approximate surface area is 155 Å². The molecule has 25 heavy (non-hydrogen) atoms. The molecule has 0 aromatic heterocycles. The average molecular weight is 377 g/mol. The first-order valence-corrected chi connectivity index (χ1v) is 9.19. The fourth-order valence-electron chi connectivity index (χ4n) is 2.40. The first-order valence-electron chi connectivity index (χ1n) is 7.76. The molecule has 2 aromatic rings. The zero-order valence-corrected chi connectivity index (χ0v) is 15.1. The zero-order chi connectivity index (χ0) is 17.8. The molecule has 1 aliphatic heterocycles. The maximum atomic E-state index is 12.5. The van der Waals surface area contributed by atoms with Crippen LogP contribution < -0.4 is 10.2 Å². The van der Waals surface area contributed by atoms with Gasteiger partial charge in [0.1, 0.15) is 11.1 Å². The summed E-state index contributed by atoms with van der Waals surface area (Å²) in [6.07, 6.45) is -0.797. The number of ether oxygens (including phenoxy) is 1. The van der Waals surface area contributed by atoms with Gasteiger partial charge in [-0.1, -0.05) is 54.1 Å². The van der Waals surface area contributed by atoms with E-state index in [0.29, 0.717) is 16.5 Å². The molecule has 0 radical (unpaired) electrons. The Hall–Kier alpha value is -2.18. The standard InChI is InChI=1S/C18H17ClN2O3S/c1-12(24-15-10-6-5-9-14(15)19)17(23)20-21-16(22)11-25-18(21)13-7-3-2-4-8-13/h2-10,12,18H,11H2,1H3,(H,20,23). The van der Waals surface area contributed by atoms with Crippen LogP contribution in [0, 0.1) is 0 Å². The van der Waals surface area contributed by atoms with Gasteiger partial charge in [-0.25, -0.2) is 5.01 Å². The minimum Gasteiger partial charge on any atom is -0.479 e. The van der Waals surface area contributed by atoms with Crippen LogP contribution in [-0.2, 0) is 9.59 Å². The first kappa shape index (κ1) is 17.6. The van der Waals surface area contributed by atoms with E-state index in [2.05, 4.69) is 5.43 Å². The van der Waals surface area contributed by atoms with Gasteiger partial charge in [0.15, 0.2) is 6.10 Å². The van der Waals surface area contributed by atoms with Crippen molar-refractivity contribution in [2.24, 2.45) is 0 Å². The number of nitrogens with one attached hydrogen (secondary N) is 1. The molecule has 130 valence electrons. The maximum absolute atomic E-state index is 12.5. The summed E-state index contributed by atoms with van der Waals surface area (Å²) in [5, 5.41) is 1.55. The molecule has 2 atom stereocenters. The number of thioether (sulfide) groups is 1. The molecule has 1 N–H and O–H groups in total. The highest BCUT2D eigenvalue weighted by molar-refractivity contribution is 8.00. The summed E-state index contributed by atoms with van der Waals surface area (Å²) >= 11 is 7.52. The molecule has 1 aliphatic rings. The Morgan fingerprint density at radius 2 is 1.92 bits per heavy atom. The molecule has 3 rings (SSSR count). The smallest absolute Gasteiger partial charge is 0.279 e. The van der Waals surface area contributed by atoms with Gasteiger partial charge >= 0.3 is 0 Å². The summed E-state index contributed by atoms with van der Waals surface area (Å²) in [4.78, 5) is 24.6. The lowest BCUT2D eigenvalue weighted by atomic mass is 10.2. The summed E-state index contributed by atoms with van der Waals surface area (Å²) in [7, 11) is 0. The predicted octanol–water partition coefficient (Wildman–Crippen LogP) is 3.41. The van der Waals surface area contributed by atoms with Crippen molar-refractivity contribution in [2.45, 2.75) is 18.4 Å². The van der Waals surface area contributed by atoms with Crippen molar-refractivity contribution in [3.8, 4) is 5.75 Å². The summed E-state index contributed by atoms with van der Waals surface area (Å²) in [6.45, 7) is 1.61. The topological polar surface area (TPSA) is 58.6 Å². The third-order valence-electron chi connectivity index (χ3n) is 3.69. The summed E-state index contributed by atoms with van der Waals surface area (Å²) in [5.41, 5.74) is 3.63. The van der Waals surface area contributed by atoms with Gasteiger partial charge in [0.2, 0.25) is 0 Å². The van der Waals surface area contributed by atoms with E-state index < -0.39 is 12.0 Å². The van der Waals surface area contributed by atoms with Crippen molar-refractivity contribution in [3.05, 3.63) is 65.2 Å². The predicted molar refractivity (Wildman–Crippen MR) is 98.2 cm³/mol. The Bertz CT molecular complexity index is 772. The van der Waals surface area contributed by atoms with Gasteiger partial charge in [0.05, 0.1) is 10.8 Å². The Balaban J connectivity index is 1.68. The van der Waals surface area contributed by atoms with E-state index in [1.54, 1.807) is 31.2 Å². The molecule has 1 fully saturated rings. The van der Waals surface area contributed by atoms with Gasteiger partial charge in [0.25, 0.3) is 11.8 Å². The second kappa shape index (κ2) is 7.80. The molecule has 1 saturated heterocycles. The molecule has 0 spiro atoms. The fraction of sp³-hybridized carbons (Fsp3) is 0.222. The zero-order valence-electron chi connectivity index (χ0n) is 13.5. The number of benzene rings is 2. The van der Waals surface area contributed by atoms with E-state index in [-0.39, 0.29) is 11.3 Å². The lowest BCUT2D eigenvalue weighted by Gasteiger charge is -2.26. The van der Waals surface area contributed by atoms with E-state index in [1.807, 2.05) is 30.3 Å². The molecule has 2 unspecified atom stereocenters. The van der Waals surface area contributed by atoms with E-state index in [0.717, 1.165) is 5.56 Å².